The van der Waals surface area contributed by atoms with Crippen molar-refractivity contribution in [2.24, 2.45) is 0 Å². The quantitative estimate of drug-likeness (QED) is 0.626. The second kappa shape index (κ2) is 7.75. The van der Waals surface area contributed by atoms with Crippen LogP contribution in [0, 0.1) is 6.92 Å². The van der Waals surface area contributed by atoms with Crippen LogP contribution in [0.4, 0.5) is 0 Å². The highest BCUT2D eigenvalue weighted by atomic mass is 35.5. The van der Waals surface area contributed by atoms with Gasteiger partial charge in [0.15, 0.2) is 11.3 Å². The Kier molecular flexibility index (Phi) is 5.41. The average molecular weight is 386 g/mol. The first kappa shape index (κ1) is 18.8. The molecule has 0 spiro atoms. The van der Waals surface area contributed by atoms with Gasteiger partial charge in [0, 0.05) is 25.3 Å². The van der Waals surface area contributed by atoms with Crippen LogP contribution in [0.1, 0.15) is 28.8 Å². The van der Waals surface area contributed by atoms with Gasteiger partial charge in [-0.15, -0.1) is 10.2 Å². The van der Waals surface area contributed by atoms with Gasteiger partial charge in [0.05, 0.1) is 17.9 Å². The highest BCUT2D eigenvalue weighted by Crippen LogP contribution is 2.29. The lowest BCUT2D eigenvalue weighted by Crippen LogP contribution is -2.14. The number of rotatable bonds is 5. The number of carbonyl (C=O) groups excluding carboxylic acids is 1. The minimum atomic E-state index is -0.539. The maximum absolute atomic E-state index is 12.3. The van der Waals surface area contributed by atoms with Crippen molar-refractivity contribution < 1.29 is 9.53 Å². The predicted octanol–water partition coefficient (Wildman–Crippen LogP) is 3.46. The molecule has 0 saturated heterocycles. The van der Waals surface area contributed by atoms with E-state index in [4.69, 9.17) is 16.3 Å². The van der Waals surface area contributed by atoms with Crippen molar-refractivity contribution in [2.45, 2.75) is 13.8 Å². The molecule has 0 fully saturated rings. The van der Waals surface area contributed by atoms with Crippen molar-refractivity contribution in [3.05, 3.63) is 52.6 Å². The minimum Gasteiger partial charge on any atom is -0.461 e. The largest absolute Gasteiger partial charge is 0.461 e. The highest BCUT2D eigenvalue weighted by Gasteiger charge is 2.22. The van der Waals surface area contributed by atoms with Crippen LogP contribution in [0.2, 0.25) is 5.02 Å². The Labute approximate surface area is 162 Å². The van der Waals surface area contributed by atoms with Crippen molar-refractivity contribution >= 4 is 29.3 Å². The van der Waals surface area contributed by atoms with Crippen LogP contribution in [-0.4, -0.2) is 51.4 Å². The Bertz CT molecular complexity index is 1030. The molecule has 0 atom stereocenters. The van der Waals surface area contributed by atoms with Crippen LogP contribution < -0.4 is 0 Å². The number of aryl methyl sites for hydroxylation is 1. The van der Waals surface area contributed by atoms with Crippen molar-refractivity contribution in [1.29, 1.82) is 0 Å². The predicted molar refractivity (Wildman–Crippen MR) is 105 cm³/mol. The third kappa shape index (κ3) is 3.78. The summed E-state index contributed by atoms with van der Waals surface area (Å²) in [5.74, 6) is -0.539. The van der Waals surface area contributed by atoms with Gasteiger partial charge in [0.25, 0.3) is 0 Å². The fourth-order valence-corrected chi connectivity index (χ4v) is 2.91. The molecule has 0 saturated carbocycles. The Balaban J connectivity index is 2.27. The number of aromatic nitrogens is 4. The lowest BCUT2D eigenvalue weighted by molar-refractivity contribution is 0.0517. The summed E-state index contributed by atoms with van der Waals surface area (Å²) in [7, 11) is 3.77. The van der Waals surface area contributed by atoms with Gasteiger partial charge >= 0.3 is 5.97 Å². The molecule has 27 heavy (non-hydrogen) atoms. The summed E-state index contributed by atoms with van der Waals surface area (Å²) in [5, 5.41) is 13.6. The van der Waals surface area contributed by atoms with E-state index in [1.54, 1.807) is 17.5 Å². The summed E-state index contributed by atoms with van der Waals surface area (Å²) in [6, 6.07) is 7.46. The fraction of sp³-hybridized carbons (Fsp3) is 0.263. The van der Waals surface area contributed by atoms with Crippen molar-refractivity contribution in [1.82, 2.24) is 24.7 Å². The van der Waals surface area contributed by atoms with E-state index in [1.165, 1.54) is 0 Å². The first-order valence-corrected chi connectivity index (χ1v) is 8.84. The lowest BCUT2D eigenvalue weighted by Gasteiger charge is -2.08. The van der Waals surface area contributed by atoms with Gasteiger partial charge in [-0.3, -0.25) is 0 Å². The second-order valence-electron chi connectivity index (χ2n) is 6.14. The SMILES string of the molecule is CCOC(=O)c1nnc2c(-c3cccc(Cl)c3)c(C)nn2c1/C=C/N(C)C. The smallest absolute Gasteiger partial charge is 0.361 e. The van der Waals surface area contributed by atoms with Gasteiger partial charge in [-0.05, 0) is 37.6 Å². The molecule has 0 unspecified atom stereocenters. The molecule has 0 radical (unpaired) electrons. The van der Waals surface area contributed by atoms with Crippen LogP contribution in [0.25, 0.3) is 22.9 Å². The molecular weight excluding hydrogens is 366 g/mol. The number of benzene rings is 1. The number of fused-ring (bicyclic) bond motifs is 1. The van der Waals surface area contributed by atoms with E-state index >= 15 is 0 Å². The molecule has 0 aliphatic heterocycles. The van der Waals surface area contributed by atoms with Crippen LogP contribution in [0.15, 0.2) is 30.5 Å². The Morgan fingerprint density at radius 3 is 2.78 bits per heavy atom. The van der Waals surface area contributed by atoms with Gasteiger partial charge in [-0.2, -0.15) is 5.10 Å². The molecule has 3 aromatic rings. The van der Waals surface area contributed by atoms with Crippen LogP contribution in [-0.2, 0) is 4.74 Å². The van der Waals surface area contributed by atoms with Crippen molar-refractivity contribution in [3.8, 4) is 11.1 Å². The van der Waals surface area contributed by atoms with E-state index in [2.05, 4.69) is 15.3 Å². The zero-order chi connectivity index (χ0) is 19.6. The second-order valence-corrected chi connectivity index (χ2v) is 6.58. The van der Waals surface area contributed by atoms with Crippen molar-refractivity contribution in [2.75, 3.05) is 20.7 Å². The van der Waals surface area contributed by atoms with Gasteiger partial charge in [-0.1, -0.05) is 23.7 Å². The summed E-state index contributed by atoms with van der Waals surface area (Å²) < 4.78 is 6.73. The number of halogens is 1. The summed E-state index contributed by atoms with van der Waals surface area (Å²) in [6.07, 6.45) is 3.58. The Morgan fingerprint density at radius 1 is 1.33 bits per heavy atom. The molecule has 0 aliphatic rings. The number of ether oxygens (including phenoxy) is 1. The maximum Gasteiger partial charge on any atom is 0.361 e. The van der Waals surface area contributed by atoms with E-state index in [1.807, 2.05) is 56.4 Å². The van der Waals surface area contributed by atoms with Gasteiger partial charge in [0.1, 0.15) is 5.69 Å². The minimum absolute atomic E-state index is 0.114. The molecule has 0 aliphatic carbocycles. The topological polar surface area (TPSA) is 72.6 Å². The van der Waals surface area contributed by atoms with E-state index in [-0.39, 0.29) is 12.3 Å². The first-order chi connectivity index (χ1) is 12.9. The molecular formula is C19H20ClN5O2. The molecule has 140 valence electrons. The molecule has 2 heterocycles. The van der Waals surface area contributed by atoms with Gasteiger partial charge in [0.2, 0.25) is 0 Å². The normalized spacial score (nSPS) is 11.3. The monoisotopic (exact) mass is 385 g/mol. The molecule has 7 nitrogen and oxygen atoms in total. The highest BCUT2D eigenvalue weighted by molar-refractivity contribution is 6.30. The Morgan fingerprint density at radius 2 is 2.11 bits per heavy atom. The maximum atomic E-state index is 12.3. The average Bonchev–Trinajstić information content (AvgIpc) is 2.95. The van der Waals surface area contributed by atoms with E-state index < -0.39 is 5.97 Å². The molecule has 0 amide bonds. The van der Waals surface area contributed by atoms with Crippen LogP contribution in [0.3, 0.4) is 0 Å². The van der Waals surface area contributed by atoms with Gasteiger partial charge < -0.3 is 9.64 Å². The number of nitrogens with zero attached hydrogens (tertiary/aromatic N) is 5. The third-order valence-electron chi connectivity index (χ3n) is 3.86. The fourth-order valence-electron chi connectivity index (χ4n) is 2.72. The number of esters is 1. The summed E-state index contributed by atoms with van der Waals surface area (Å²) >= 11 is 6.14. The van der Waals surface area contributed by atoms with Gasteiger partial charge in [-0.25, -0.2) is 9.31 Å². The molecule has 0 N–H and O–H groups in total. The summed E-state index contributed by atoms with van der Waals surface area (Å²) in [4.78, 5) is 14.2. The molecule has 1 aromatic carbocycles. The van der Waals surface area contributed by atoms with Crippen LogP contribution >= 0.6 is 11.6 Å². The zero-order valence-corrected chi connectivity index (χ0v) is 16.4. The van der Waals surface area contributed by atoms with E-state index in [9.17, 15) is 4.79 Å². The van der Waals surface area contributed by atoms with Crippen molar-refractivity contribution in [3.63, 3.8) is 0 Å². The Hall–Kier alpha value is -2.93. The zero-order valence-electron chi connectivity index (χ0n) is 15.6. The molecule has 0 bridgehead atoms. The molecule has 3 rings (SSSR count). The molecule has 2 aromatic heterocycles. The lowest BCUT2D eigenvalue weighted by atomic mass is 10.1. The number of carbonyl (C=O) groups is 1. The van der Waals surface area contributed by atoms with E-state index in [0.29, 0.717) is 16.4 Å². The number of hydrogen-bond acceptors (Lipinski definition) is 6. The molecule has 8 heteroatoms. The summed E-state index contributed by atoms with van der Waals surface area (Å²) in [5.41, 5.74) is 3.62. The van der Waals surface area contributed by atoms with Crippen LogP contribution in [0.5, 0.6) is 0 Å². The number of hydrogen-bond donors (Lipinski definition) is 0. The third-order valence-corrected chi connectivity index (χ3v) is 4.10. The van der Waals surface area contributed by atoms with E-state index in [0.717, 1.165) is 16.8 Å². The standard InChI is InChI=1S/C19H20ClN5O2/c1-5-27-19(26)17-15(9-10-24(3)4)25-18(22-21-17)16(12(2)23-25)13-7-6-8-14(20)11-13/h6-11H,5H2,1-4H3/b10-9+. The first-order valence-electron chi connectivity index (χ1n) is 8.46. The summed E-state index contributed by atoms with van der Waals surface area (Å²) in [6.45, 7) is 3.88.